The molecule has 1 heterocycles. The SMILES string of the molecule is CCCC1Oc2ccc(Cc3ccccc3)cc2C1O. The highest BCUT2D eigenvalue weighted by atomic mass is 16.5. The second-order valence-electron chi connectivity index (χ2n) is 5.42. The molecule has 2 nitrogen and oxygen atoms in total. The van der Waals surface area contributed by atoms with E-state index in [4.69, 9.17) is 4.74 Å². The topological polar surface area (TPSA) is 29.5 Å². The van der Waals surface area contributed by atoms with E-state index in [1.807, 2.05) is 12.1 Å². The number of benzene rings is 2. The molecular weight excluding hydrogens is 248 g/mol. The van der Waals surface area contributed by atoms with Gasteiger partial charge in [0.2, 0.25) is 0 Å². The standard InChI is InChI=1S/C18H20O2/c1-2-6-17-18(19)15-12-14(9-10-16(15)20-17)11-13-7-4-3-5-8-13/h3-5,7-10,12,17-19H,2,6,11H2,1H3. The molecule has 20 heavy (non-hydrogen) atoms. The van der Waals surface area contributed by atoms with Gasteiger partial charge in [0.15, 0.2) is 0 Å². The average Bonchev–Trinajstić information content (AvgIpc) is 2.77. The molecule has 3 rings (SSSR count). The minimum atomic E-state index is -0.485. The largest absolute Gasteiger partial charge is 0.487 e. The van der Waals surface area contributed by atoms with Crippen LogP contribution in [0.25, 0.3) is 0 Å². The number of fused-ring (bicyclic) bond motifs is 1. The van der Waals surface area contributed by atoms with Crippen LogP contribution in [0, 0.1) is 0 Å². The molecule has 1 aliphatic heterocycles. The third-order valence-electron chi connectivity index (χ3n) is 3.85. The Balaban J connectivity index is 1.81. The minimum Gasteiger partial charge on any atom is -0.487 e. The fourth-order valence-corrected chi connectivity index (χ4v) is 2.81. The van der Waals surface area contributed by atoms with E-state index in [0.29, 0.717) is 0 Å². The number of aliphatic hydroxyl groups is 1. The maximum absolute atomic E-state index is 10.3. The maximum atomic E-state index is 10.3. The fraction of sp³-hybridized carbons (Fsp3) is 0.333. The van der Waals surface area contributed by atoms with Crippen molar-refractivity contribution >= 4 is 0 Å². The molecule has 2 heteroatoms. The Morgan fingerprint density at radius 1 is 1.05 bits per heavy atom. The predicted octanol–water partition coefficient (Wildman–Crippen LogP) is 3.87. The summed E-state index contributed by atoms with van der Waals surface area (Å²) in [5.41, 5.74) is 3.44. The molecule has 0 saturated carbocycles. The molecule has 0 bridgehead atoms. The molecule has 0 aliphatic carbocycles. The summed E-state index contributed by atoms with van der Waals surface area (Å²) in [6, 6.07) is 16.6. The lowest BCUT2D eigenvalue weighted by Gasteiger charge is -2.12. The van der Waals surface area contributed by atoms with Gasteiger partial charge in [-0.25, -0.2) is 0 Å². The lowest BCUT2D eigenvalue weighted by molar-refractivity contribution is 0.0616. The third kappa shape index (κ3) is 2.56. The second kappa shape index (κ2) is 5.68. The number of aliphatic hydroxyl groups excluding tert-OH is 1. The van der Waals surface area contributed by atoms with Crippen LogP contribution in [0.1, 0.15) is 42.6 Å². The monoisotopic (exact) mass is 268 g/mol. The van der Waals surface area contributed by atoms with Crippen LogP contribution >= 0.6 is 0 Å². The lowest BCUT2D eigenvalue weighted by Crippen LogP contribution is -2.17. The average molecular weight is 268 g/mol. The highest BCUT2D eigenvalue weighted by molar-refractivity contribution is 5.43. The van der Waals surface area contributed by atoms with Crippen LogP contribution in [0.2, 0.25) is 0 Å². The summed E-state index contributed by atoms with van der Waals surface area (Å²) in [6.07, 6.45) is 2.23. The minimum absolute atomic E-state index is 0.0815. The van der Waals surface area contributed by atoms with Crippen molar-refractivity contribution in [2.24, 2.45) is 0 Å². The molecule has 0 radical (unpaired) electrons. The van der Waals surface area contributed by atoms with Crippen molar-refractivity contribution in [3.63, 3.8) is 0 Å². The van der Waals surface area contributed by atoms with Crippen LogP contribution < -0.4 is 4.74 Å². The highest BCUT2D eigenvalue weighted by Gasteiger charge is 2.32. The van der Waals surface area contributed by atoms with Crippen molar-refractivity contribution in [2.45, 2.75) is 38.4 Å². The van der Waals surface area contributed by atoms with Gasteiger partial charge in [-0.1, -0.05) is 49.7 Å². The van der Waals surface area contributed by atoms with E-state index < -0.39 is 6.10 Å². The van der Waals surface area contributed by atoms with Crippen LogP contribution in [0.3, 0.4) is 0 Å². The van der Waals surface area contributed by atoms with E-state index in [2.05, 4.69) is 43.3 Å². The lowest BCUT2D eigenvalue weighted by atomic mass is 9.98. The maximum Gasteiger partial charge on any atom is 0.129 e. The number of hydrogen-bond acceptors (Lipinski definition) is 2. The first-order chi connectivity index (χ1) is 9.78. The predicted molar refractivity (Wildman–Crippen MR) is 80.0 cm³/mol. The Labute approximate surface area is 120 Å². The summed E-state index contributed by atoms with van der Waals surface area (Å²) in [6.45, 7) is 2.11. The Hall–Kier alpha value is -1.80. The van der Waals surface area contributed by atoms with Crippen molar-refractivity contribution in [3.8, 4) is 5.75 Å². The normalized spacial score (nSPS) is 20.5. The quantitative estimate of drug-likeness (QED) is 0.912. The zero-order valence-corrected chi connectivity index (χ0v) is 11.8. The van der Waals surface area contributed by atoms with Gasteiger partial charge in [0.1, 0.15) is 18.0 Å². The summed E-state index contributed by atoms with van der Waals surface area (Å²) in [5.74, 6) is 0.841. The molecule has 0 amide bonds. The van der Waals surface area contributed by atoms with E-state index >= 15 is 0 Å². The molecule has 0 fully saturated rings. The molecular formula is C18H20O2. The van der Waals surface area contributed by atoms with E-state index in [-0.39, 0.29) is 6.10 Å². The van der Waals surface area contributed by atoms with Crippen molar-refractivity contribution in [1.82, 2.24) is 0 Å². The van der Waals surface area contributed by atoms with E-state index in [1.165, 1.54) is 11.1 Å². The van der Waals surface area contributed by atoms with Gasteiger partial charge in [0, 0.05) is 5.56 Å². The molecule has 0 spiro atoms. The van der Waals surface area contributed by atoms with Gasteiger partial charge in [-0.2, -0.15) is 0 Å². The molecule has 0 saturated heterocycles. The molecule has 1 aliphatic rings. The second-order valence-corrected chi connectivity index (χ2v) is 5.42. The first-order valence-corrected chi connectivity index (χ1v) is 7.29. The van der Waals surface area contributed by atoms with Gasteiger partial charge in [-0.05, 0) is 36.1 Å². The summed E-state index contributed by atoms with van der Waals surface area (Å²) in [4.78, 5) is 0. The number of ether oxygens (including phenoxy) is 1. The van der Waals surface area contributed by atoms with Gasteiger partial charge in [-0.3, -0.25) is 0 Å². The van der Waals surface area contributed by atoms with Gasteiger partial charge in [-0.15, -0.1) is 0 Å². The van der Waals surface area contributed by atoms with E-state index in [9.17, 15) is 5.11 Å². The summed E-state index contributed by atoms with van der Waals surface area (Å²) in [5, 5.41) is 10.3. The van der Waals surface area contributed by atoms with E-state index in [0.717, 1.165) is 30.6 Å². The van der Waals surface area contributed by atoms with Crippen molar-refractivity contribution < 1.29 is 9.84 Å². The zero-order valence-electron chi connectivity index (χ0n) is 11.8. The Bertz CT molecular complexity index is 577. The summed E-state index contributed by atoms with van der Waals surface area (Å²) >= 11 is 0. The Kier molecular flexibility index (Phi) is 3.75. The highest BCUT2D eigenvalue weighted by Crippen LogP contribution is 2.39. The van der Waals surface area contributed by atoms with E-state index in [1.54, 1.807) is 0 Å². The zero-order chi connectivity index (χ0) is 13.9. The molecule has 0 aromatic heterocycles. The van der Waals surface area contributed by atoms with Gasteiger partial charge >= 0.3 is 0 Å². The van der Waals surface area contributed by atoms with Crippen molar-refractivity contribution in [3.05, 3.63) is 65.2 Å². The Morgan fingerprint density at radius 3 is 2.60 bits per heavy atom. The third-order valence-corrected chi connectivity index (χ3v) is 3.85. The first kappa shape index (κ1) is 13.2. The van der Waals surface area contributed by atoms with Gasteiger partial charge in [0.25, 0.3) is 0 Å². The van der Waals surface area contributed by atoms with Crippen LogP contribution in [-0.4, -0.2) is 11.2 Å². The summed E-state index contributed by atoms with van der Waals surface area (Å²) in [7, 11) is 0. The number of hydrogen-bond donors (Lipinski definition) is 1. The molecule has 2 atom stereocenters. The van der Waals surface area contributed by atoms with Crippen LogP contribution in [-0.2, 0) is 6.42 Å². The first-order valence-electron chi connectivity index (χ1n) is 7.29. The molecule has 2 aromatic carbocycles. The number of rotatable bonds is 4. The fourth-order valence-electron chi connectivity index (χ4n) is 2.81. The van der Waals surface area contributed by atoms with Crippen molar-refractivity contribution in [1.29, 1.82) is 0 Å². The van der Waals surface area contributed by atoms with Crippen LogP contribution in [0.5, 0.6) is 5.75 Å². The smallest absolute Gasteiger partial charge is 0.129 e. The Morgan fingerprint density at radius 2 is 1.85 bits per heavy atom. The van der Waals surface area contributed by atoms with Gasteiger partial charge < -0.3 is 9.84 Å². The van der Waals surface area contributed by atoms with Gasteiger partial charge in [0.05, 0.1) is 0 Å². The molecule has 2 unspecified atom stereocenters. The molecule has 1 N–H and O–H groups in total. The van der Waals surface area contributed by atoms with Crippen LogP contribution in [0.15, 0.2) is 48.5 Å². The van der Waals surface area contributed by atoms with Crippen LogP contribution in [0.4, 0.5) is 0 Å². The summed E-state index contributed by atoms with van der Waals surface area (Å²) < 4.78 is 5.81. The van der Waals surface area contributed by atoms with Crippen molar-refractivity contribution in [2.75, 3.05) is 0 Å². The molecule has 104 valence electrons. The molecule has 2 aromatic rings.